The SMILES string of the molecule is Cc1ccccc1-n1c2cc3c4cccc5c4n(c3cc2c2cccc(C)c21)-c1ccccc1C5(C)C. The molecule has 0 spiro atoms. The van der Waals surface area contributed by atoms with Crippen molar-refractivity contribution in [3.05, 3.63) is 119 Å². The molecule has 2 heteroatoms. The molecule has 0 fully saturated rings. The van der Waals surface area contributed by atoms with Gasteiger partial charge < -0.3 is 9.13 Å². The van der Waals surface area contributed by atoms with Gasteiger partial charge in [-0.1, -0.05) is 86.6 Å². The highest BCUT2D eigenvalue weighted by Crippen LogP contribution is 2.48. The number of aromatic nitrogens is 2. The molecule has 37 heavy (non-hydrogen) atoms. The third-order valence-electron chi connectivity index (χ3n) is 8.75. The van der Waals surface area contributed by atoms with E-state index in [4.69, 9.17) is 0 Å². The number of nitrogens with zero attached hydrogens (tertiary/aromatic N) is 2. The Morgan fingerprint density at radius 1 is 0.486 bits per heavy atom. The Hall–Kier alpha value is -4.30. The zero-order chi connectivity index (χ0) is 25.1. The van der Waals surface area contributed by atoms with Crippen LogP contribution in [-0.4, -0.2) is 9.13 Å². The molecule has 0 unspecified atom stereocenters. The van der Waals surface area contributed by atoms with Gasteiger partial charge in [0.05, 0.1) is 27.8 Å². The highest BCUT2D eigenvalue weighted by molar-refractivity contribution is 6.20. The lowest BCUT2D eigenvalue weighted by Crippen LogP contribution is -2.26. The highest BCUT2D eigenvalue weighted by atomic mass is 15.0. The molecule has 0 saturated carbocycles. The molecule has 5 aromatic carbocycles. The van der Waals surface area contributed by atoms with Gasteiger partial charge in [-0.3, -0.25) is 0 Å². The normalized spacial score (nSPS) is 14.2. The maximum Gasteiger partial charge on any atom is 0.0582 e. The first-order chi connectivity index (χ1) is 18.0. The molecular formula is C35H28N2. The van der Waals surface area contributed by atoms with E-state index in [0.717, 1.165) is 0 Å². The molecule has 0 radical (unpaired) electrons. The smallest absolute Gasteiger partial charge is 0.0582 e. The summed E-state index contributed by atoms with van der Waals surface area (Å²) < 4.78 is 5.01. The van der Waals surface area contributed by atoms with E-state index in [-0.39, 0.29) is 5.41 Å². The Labute approximate surface area is 216 Å². The van der Waals surface area contributed by atoms with Crippen LogP contribution in [0.2, 0.25) is 0 Å². The molecule has 178 valence electrons. The van der Waals surface area contributed by atoms with Crippen LogP contribution < -0.4 is 0 Å². The molecule has 0 aliphatic carbocycles. The van der Waals surface area contributed by atoms with Crippen molar-refractivity contribution < 1.29 is 0 Å². The van der Waals surface area contributed by atoms with E-state index >= 15 is 0 Å². The van der Waals surface area contributed by atoms with Crippen LogP contribution in [0.25, 0.3) is 55.0 Å². The molecule has 0 saturated heterocycles. The second kappa shape index (κ2) is 6.92. The quantitative estimate of drug-likeness (QED) is 0.224. The van der Waals surface area contributed by atoms with Crippen LogP contribution in [0.3, 0.4) is 0 Å². The largest absolute Gasteiger partial charge is 0.309 e. The molecule has 7 aromatic rings. The van der Waals surface area contributed by atoms with E-state index in [1.807, 2.05) is 0 Å². The molecule has 2 aromatic heterocycles. The summed E-state index contributed by atoms with van der Waals surface area (Å²) in [5, 5.41) is 5.25. The fourth-order valence-electron chi connectivity index (χ4n) is 6.96. The zero-order valence-corrected chi connectivity index (χ0v) is 21.6. The van der Waals surface area contributed by atoms with E-state index in [1.165, 1.54) is 77.2 Å². The van der Waals surface area contributed by atoms with Crippen LogP contribution >= 0.6 is 0 Å². The van der Waals surface area contributed by atoms with Gasteiger partial charge in [-0.25, -0.2) is 0 Å². The minimum Gasteiger partial charge on any atom is -0.309 e. The van der Waals surface area contributed by atoms with Crippen molar-refractivity contribution in [2.45, 2.75) is 33.1 Å². The lowest BCUT2D eigenvalue weighted by molar-refractivity contribution is 0.630. The first-order valence-corrected chi connectivity index (χ1v) is 13.1. The van der Waals surface area contributed by atoms with Crippen molar-refractivity contribution in [1.29, 1.82) is 0 Å². The maximum atomic E-state index is 2.52. The van der Waals surface area contributed by atoms with Gasteiger partial charge in [-0.15, -0.1) is 0 Å². The van der Waals surface area contributed by atoms with Gasteiger partial charge in [0.1, 0.15) is 0 Å². The van der Waals surface area contributed by atoms with Crippen LogP contribution in [0.5, 0.6) is 0 Å². The summed E-state index contributed by atoms with van der Waals surface area (Å²) in [6.07, 6.45) is 0. The number of hydrogen-bond donors (Lipinski definition) is 0. The predicted octanol–water partition coefficient (Wildman–Crippen LogP) is 9.14. The first kappa shape index (κ1) is 20.8. The highest BCUT2D eigenvalue weighted by Gasteiger charge is 2.35. The van der Waals surface area contributed by atoms with Crippen molar-refractivity contribution in [2.75, 3.05) is 0 Å². The number of benzene rings is 5. The molecule has 2 nitrogen and oxygen atoms in total. The number of rotatable bonds is 1. The molecule has 1 aliphatic rings. The number of para-hydroxylation sites is 4. The third-order valence-corrected chi connectivity index (χ3v) is 8.75. The third kappa shape index (κ3) is 2.50. The maximum absolute atomic E-state index is 2.52. The lowest BCUT2D eigenvalue weighted by atomic mass is 9.75. The Kier molecular flexibility index (Phi) is 3.90. The van der Waals surface area contributed by atoms with Crippen LogP contribution in [0.15, 0.2) is 97.1 Å². The zero-order valence-electron chi connectivity index (χ0n) is 21.6. The Morgan fingerprint density at radius 2 is 1.03 bits per heavy atom. The average molecular weight is 477 g/mol. The van der Waals surface area contributed by atoms with Crippen molar-refractivity contribution in [3.63, 3.8) is 0 Å². The fraction of sp³-hybridized carbons (Fsp3) is 0.143. The topological polar surface area (TPSA) is 9.86 Å². The molecule has 0 bridgehead atoms. The van der Waals surface area contributed by atoms with E-state index in [0.29, 0.717) is 0 Å². The molecular weight excluding hydrogens is 448 g/mol. The van der Waals surface area contributed by atoms with Crippen molar-refractivity contribution >= 4 is 43.6 Å². The summed E-state index contributed by atoms with van der Waals surface area (Å²) in [6, 6.07) is 36.1. The first-order valence-electron chi connectivity index (χ1n) is 13.1. The van der Waals surface area contributed by atoms with Gasteiger partial charge in [0.2, 0.25) is 0 Å². The number of fused-ring (bicyclic) bond motifs is 8. The number of hydrogen-bond acceptors (Lipinski definition) is 0. The summed E-state index contributed by atoms with van der Waals surface area (Å²) >= 11 is 0. The molecule has 8 rings (SSSR count). The standard InChI is InChI=1S/C35H28N2/c1-21-11-5-7-17-29(21)36-31-20-26-24-14-10-16-28-34(24)37(30-18-8-6-15-27(30)35(28,3)4)32(26)19-25(31)23-13-9-12-22(2)33(23)36/h5-20H,1-4H3. The van der Waals surface area contributed by atoms with Gasteiger partial charge in [0.15, 0.2) is 0 Å². The van der Waals surface area contributed by atoms with Gasteiger partial charge in [0, 0.05) is 32.6 Å². The van der Waals surface area contributed by atoms with E-state index < -0.39 is 0 Å². The molecule has 0 N–H and O–H groups in total. The second-order valence-corrected chi connectivity index (χ2v) is 11.2. The van der Waals surface area contributed by atoms with Crippen molar-refractivity contribution in [1.82, 2.24) is 9.13 Å². The van der Waals surface area contributed by atoms with Crippen molar-refractivity contribution in [3.8, 4) is 11.4 Å². The number of aryl methyl sites for hydroxylation is 2. The van der Waals surface area contributed by atoms with E-state index in [2.05, 4.69) is 134 Å². The summed E-state index contributed by atoms with van der Waals surface area (Å²) in [5.74, 6) is 0. The van der Waals surface area contributed by atoms with Gasteiger partial charge in [-0.2, -0.15) is 0 Å². The summed E-state index contributed by atoms with van der Waals surface area (Å²) in [6.45, 7) is 9.17. The van der Waals surface area contributed by atoms with Crippen LogP contribution in [0, 0.1) is 13.8 Å². The minimum absolute atomic E-state index is 0.0555. The van der Waals surface area contributed by atoms with Gasteiger partial charge in [-0.05, 0) is 60.4 Å². The van der Waals surface area contributed by atoms with E-state index in [1.54, 1.807) is 0 Å². The fourth-order valence-corrected chi connectivity index (χ4v) is 6.96. The predicted molar refractivity (Wildman–Crippen MR) is 157 cm³/mol. The average Bonchev–Trinajstić information content (AvgIpc) is 3.40. The van der Waals surface area contributed by atoms with Crippen LogP contribution in [-0.2, 0) is 5.41 Å². The Morgan fingerprint density at radius 3 is 1.76 bits per heavy atom. The second-order valence-electron chi connectivity index (χ2n) is 11.2. The molecule has 1 aliphatic heterocycles. The van der Waals surface area contributed by atoms with E-state index in [9.17, 15) is 0 Å². The molecule has 0 atom stereocenters. The molecule has 3 heterocycles. The Bertz CT molecular complexity index is 2080. The lowest BCUT2D eigenvalue weighted by Gasteiger charge is -2.34. The van der Waals surface area contributed by atoms with Gasteiger partial charge >= 0.3 is 0 Å². The molecule has 0 amide bonds. The summed E-state index contributed by atoms with van der Waals surface area (Å²) in [5.41, 5.74) is 13.0. The summed E-state index contributed by atoms with van der Waals surface area (Å²) in [4.78, 5) is 0. The van der Waals surface area contributed by atoms with Crippen LogP contribution in [0.4, 0.5) is 0 Å². The minimum atomic E-state index is -0.0555. The van der Waals surface area contributed by atoms with Crippen molar-refractivity contribution in [2.24, 2.45) is 0 Å². The Balaban J connectivity index is 1.63. The van der Waals surface area contributed by atoms with Crippen LogP contribution in [0.1, 0.15) is 36.1 Å². The summed E-state index contributed by atoms with van der Waals surface area (Å²) in [7, 11) is 0. The van der Waals surface area contributed by atoms with Gasteiger partial charge in [0.25, 0.3) is 0 Å². The monoisotopic (exact) mass is 476 g/mol.